The highest BCUT2D eigenvalue weighted by Crippen LogP contribution is 2.26. The summed E-state index contributed by atoms with van der Waals surface area (Å²) in [5.74, 6) is 0.299. The highest BCUT2D eigenvalue weighted by atomic mass is 32.1. The molecular weight excluding hydrogens is 298 g/mol. The van der Waals surface area contributed by atoms with Crippen molar-refractivity contribution >= 4 is 23.2 Å². The molecule has 1 aromatic heterocycles. The highest BCUT2D eigenvalue weighted by molar-refractivity contribution is 7.08. The van der Waals surface area contributed by atoms with E-state index in [0.29, 0.717) is 26.2 Å². The van der Waals surface area contributed by atoms with Crippen LogP contribution in [0.2, 0.25) is 0 Å². The summed E-state index contributed by atoms with van der Waals surface area (Å²) >= 11 is 1.54. The molecular formula is C16H23N3O2S. The van der Waals surface area contributed by atoms with Gasteiger partial charge in [0, 0.05) is 31.6 Å². The molecule has 5 nitrogen and oxygen atoms in total. The van der Waals surface area contributed by atoms with Crippen molar-refractivity contribution in [1.82, 2.24) is 15.1 Å². The van der Waals surface area contributed by atoms with E-state index in [0.717, 1.165) is 31.4 Å². The number of hydrogen-bond donors (Lipinski definition) is 1. The van der Waals surface area contributed by atoms with Crippen LogP contribution in [0, 0.1) is 0 Å². The van der Waals surface area contributed by atoms with Crippen LogP contribution in [0.4, 0.5) is 0 Å². The molecule has 2 amide bonds. The number of piperazine rings is 1. The maximum absolute atomic E-state index is 12.8. The highest BCUT2D eigenvalue weighted by Gasteiger charge is 2.42. The average molecular weight is 321 g/mol. The number of rotatable bonds is 3. The van der Waals surface area contributed by atoms with Gasteiger partial charge in [-0.15, -0.1) is 0 Å². The zero-order valence-corrected chi connectivity index (χ0v) is 13.8. The quantitative estimate of drug-likeness (QED) is 0.919. The zero-order valence-electron chi connectivity index (χ0n) is 13.0. The van der Waals surface area contributed by atoms with Gasteiger partial charge in [-0.25, -0.2) is 0 Å². The van der Waals surface area contributed by atoms with Gasteiger partial charge in [0.2, 0.25) is 5.91 Å². The lowest BCUT2D eigenvalue weighted by Gasteiger charge is -2.39. The van der Waals surface area contributed by atoms with Crippen molar-refractivity contribution in [2.45, 2.75) is 31.7 Å². The minimum Gasteiger partial charge on any atom is -0.338 e. The van der Waals surface area contributed by atoms with E-state index in [1.165, 1.54) is 11.3 Å². The first-order valence-electron chi connectivity index (χ1n) is 8.02. The van der Waals surface area contributed by atoms with Crippen LogP contribution in [0.25, 0.3) is 0 Å². The van der Waals surface area contributed by atoms with Crippen LogP contribution >= 0.6 is 11.3 Å². The van der Waals surface area contributed by atoms with Gasteiger partial charge in [-0.2, -0.15) is 11.3 Å². The van der Waals surface area contributed by atoms with Crippen LogP contribution in [0.3, 0.4) is 0 Å². The van der Waals surface area contributed by atoms with Crippen molar-refractivity contribution in [2.24, 2.45) is 0 Å². The number of amides is 2. The van der Waals surface area contributed by atoms with Gasteiger partial charge in [0.05, 0.1) is 11.1 Å². The van der Waals surface area contributed by atoms with Crippen LogP contribution < -0.4 is 5.32 Å². The molecule has 0 saturated carbocycles. The molecule has 0 radical (unpaired) electrons. The van der Waals surface area contributed by atoms with E-state index in [1.807, 2.05) is 26.6 Å². The lowest BCUT2D eigenvalue weighted by atomic mass is 9.92. The summed E-state index contributed by atoms with van der Waals surface area (Å²) in [6, 6.07) is 1.86. The second-order valence-electron chi connectivity index (χ2n) is 6.06. The Morgan fingerprint density at radius 1 is 1.27 bits per heavy atom. The molecule has 1 unspecified atom stereocenters. The van der Waals surface area contributed by atoms with Gasteiger partial charge in [-0.05, 0) is 37.3 Å². The first-order valence-corrected chi connectivity index (χ1v) is 8.96. The maximum Gasteiger partial charge on any atom is 0.254 e. The van der Waals surface area contributed by atoms with Crippen molar-refractivity contribution in [3.8, 4) is 0 Å². The van der Waals surface area contributed by atoms with Crippen molar-refractivity contribution in [3.05, 3.63) is 22.4 Å². The second-order valence-corrected chi connectivity index (χ2v) is 6.84. The molecule has 3 heterocycles. The molecule has 6 heteroatoms. The topological polar surface area (TPSA) is 52.7 Å². The third kappa shape index (κ3) is 2.77. The smallest absolute Gasteiger partial charge is 0.254 e. The Balaban J connectivity index is 1.60. The van der Waals surface area contributed by atoms with Crippen molar-refractivity contribution in [3.63, 3.8) is 0 Å². The molecule has 0 aromatic carbocycles. The SMILES string of the molecule is CCC1(C(=O)N2CCN(C(=O)c3ccsc3)CC2)CCCN1. The number of carbonyl (C=O) groups is 2. The van der Waals surface area contributed by atoms with Crippen molar-refractivity contribution in [1.29, 1.82) is 0 Å². The monoisotopic (exact) mass is 321 g/mol. The molecule has 3 rings (SSSR count). The van der Waals surface area contributed by atoms with Gasteiger partial charge in [0.15, 0.2) is 0 Å². The number of nitrogens with one attached hydrogen (secondary N) is 1. The molecule has 22 heavy (non-hydrogen) atoms. The second kappa shape index (κ2) is 6.38. The van der Waals surface area contributed by atoms with Gasteiger partial charge in [0.25, 0.3) is 5.91 Å². The molecule has 0 bridgehead atoms. The van der Waals surface area contributed by atoms with Gasteiger partial charge in [0.1, 0.15) is 0 Å². The predicted octanol–water partition coefficient (Wildman–Crippen LogP) is 1.56. The molecule has 1 aromatic rings. The Morgan fingerprint density at radius 2 is 2.00 bits per heavy atom. The van der Waals surface area contributed by atoms with Crippen molar-refractivity contribution in [2.75, 3.05) is 32.7 Å². The molecule has 0 aliphatic carbocycles. The number of thiophene rings is 1. The Bertz CT molecular complexity index is 530. The molecule has 120 valence electrons. The van der Waals surface area contributed by atoms with E-state index in [1.54, 1.807) is 0 Å². The summed E-state index contributed by atoms with van der Waals surface area (Å²) in [5.41, 5.74) is 0.395. The van der Waals surface area contributed by atoms with Crippen LogP contribution in [0.5, 0.6) is 0 Å². The summed E-state index contributed by atoms with van der Waals surface area (Å²) in [6.07, 6.45) is 2.83. The van der Waals surface area contributed by atoms with Crippen LogP contribution in [0.1, 0.15) is 36.5 Å². The standard InChI is InChI=1S/C16H23N3O2S/c1-2-16(5-3-6-17-16)15(21)19-9-7-18(8-10-19)14(20)13-4-11-22-12-13/h4,11-12,17H,2-3,5-10H2,1H3. The van der Waals surface area contributed by atoms with Crippen LogP contribution in [-0.4, -0.2) is 59.9 Å². The summed E-state index contributed by atoms with van der Waals surface area (Å²) in [4.78, 5) is 28.9. The van der Waals surface area contributed by atoms with Gasteiger partial charge in [-0.3, -0.25) is 9.59 Å². The van der Waals surface area contributed by atoms with Gasteiger partial charge < -0.3 is 15.1 Å². The molecule has 1 atom stereocenters. The van der Waals surface area contributed by atoms with E-state index in [4.69, 9.17) is 0 Å². The number of nitrogens with zero attached hydrogens (tertiary/aromatic N) is 2. The fourth-order valence-electron chi connectivity index (χ4n) is 3.43. The third-order valence-electron chi connectivity index (χ3n) is 4.88. The Morgan fingerprint density at radius 3 is 2.55 bits per heavy atom. The third-order valence-corrected chi connectivity index (χ3v) is 5.56. The molecule has 2 aliphatic heterocycles. The Kier molecular flexibility index (Phi) is 4.49. The predicted molar refractivity (Wildman–Crippen MR) is 87.1 cm³/mol. The van der Waals surface area contributed by atoms with Gasteiger partial charge in [-0.1, -0.05) is 6.92 Å². The molecule has 2 fully saturated rings. The first kappa shape index (κ1) is 15.5. The molecule has 1 N–H and O–H groups in total. The maximum atomic E-state index is 12.8. The van der Waals surface area contributed by atoms with E-state index in [2.05, 4.69) is 12.2 Å². The van der Waals surface area contributed by atoms with Gasteiger partial charge >= 0.3 is 0 Å². The lowest BCUT2D eigenvalue weighted by molar-refractivity contribution is -0.139. The van der Waals surface area contributed by atoms with Crippen LogP contribution in [0.15, 0.2) is 16.8 Å². The zero-order chi connectivity index (χ0) is 15.6. The van der Waals surface area contributed by atoms with E-state index < -0.39 is 0 Å². The lowest BCUT2D eigenvalue weighted by Crippen LogP contribution is -2.59. The van der Waals surface area contributed by atoms with Crippen molar-refractivity contribution < 1.29 is 9.59 Å². The summed E-state index contributed by atoms with van der Waals surface area (Å²) in [6.45, 7) is 5.53. The number of carbonyl (C=O) groups excluding carboxylic acids is 2. The average Bonchev–Trinajstić information content (AvgIpc) is 3.25. The van der Waals surface area contributed by atoms with Crippen LogP contribution in [-0.2, 0) is 4.79 Å². The molecule has 2 saturated heterocycles. The van der Waals surface area contributed by atoms with E-state index >= 15 is 0 Å². The molecule has 2 aliphatic rings. The minimum absolute atomic E-state index is 0.0811. The Labute approximate surface area is 135 Å². The van der Waals surface area contributed by atoms with E-state index in [-0.39, 0.29) is 17.4 Å². The fraction of sp³-hybridized carbons (Fsp3) is 0.625. The molecule has 0 spiro atoms. The normalized spacial score (nSPS) is 25.5. The van der Waals surface area contributed by atoms with E-state index in [9.17, 15) is 9.59 Å². The summed E-state index contributed by atoms with van der Waals surface area (Å²) in [7, 11) is 0. The number of hydrogen-bond acceptors (Lipinski definition) is 4. The Hall–Kier alpha value is -1.40. The first-order chi connectivity index (χ1) is 10.7. The summed E-state index contributed by atoms with van der Waals surface area (Å²) in [5, 5.41) is 7.21. The largest absolute Gasteiger partial charge is 0.338 e. The minimum atomic E-state index is -0.362. The fourth-order valence-corrected chi connectivity index (χ4v) is 4.06. The summed E-state index contributed by atoms with van der Waals surface area (Å²) < 4.78 is 0.